The Morgan fingerprint density at radius 3 is 2.83 bits per heavy atom. The van der Waals surface area contributed by atoms with Crippen molar-refractivity contribution in [3.05, 3.63) is 34.1 Å². The third-order valence-electron chi connectivity index (χ3n) is 2.49. The summed E-state index contributed by atoms with van der Waals surface area (Å²) in [4.78, 5) is 11.7. The van der Waals surface area contributed by atoms with Gasteiger partial charge in [-0.05, 0) is 59.0 Å². The lowest BCUT2D eigenvalue weighted by molar-refractivity contribution is 0.0953. The molecule has 1 rings (SSSR count). The number of rotatable bonds is 7. The smallest absolute Gasteiger partial charge is 0.251 e. The Labute approximate surface area is 120 Å². The Balaban J connectivity index is 2.30. The number of unbranched alkanes of at least 4 members (excludes halogenated alkanes) is 2. The van der Waals surface area contributed by atoms with E-state index in [0.717, 1.165) is 12.8 Å². The van der Waals surface area contributed by atoms with Crippen molar-refractivity contribution >= 4 is 33.6 Å². The van der Waals surface area contributed by atoms with Crippen LogP contribution in [-0.4, -0.2) is 24.5 Å². The highest BCUT2D eigenvalue weighted by Crippen LogP contribution is 2.16. The molecular weight excluding hydrogens is 317 g/mol. The minimum absolute atomic E-state index is 0.152. The second-order valence-corrected chi connectivity index (χ2v) is 5.78. The first kappa shape index (κ1) is 15.5. The fourth-order valence-electron chi connectivity index (χ4n) is 1.49. The van der Waals surface area contributed by atoms with Gasteiger partial charge in [-0.1, -0.05) is 6.42 Å². The summed E-state index contributed by atoms with van der Waals surface area (Å²) in [5.41, 5.74) is 0.479. The van der Waals surface area contributed by atoms with Crippen LogP contribution in [0, 0.1) is 5.82 Å². The van der Waals surface area contributed by atoms with E-state index in [9.17, 15) is 9.18 Å². The number of benzene rings is 1. The summed E-state index contributed by atoms with van der Waals surface area (Å²) in [5, 5.41) is 2.83. The van der Waals surface area contributed by atoms with E-state index < -0.39 is 0 Å². The summed E-state index contributed by atoms with van der Waals surface area (Å²) in [7, 11) is 0. The first-order chi connectivity index (χ1) is 8.65. The van der Waals surface area contributed by atoms with E-state index in [-0.39, 0.29) is 11.7 Å². The lowest BCUT2D eigenvalue weighted by Crippen LogP contribution is -2.24. The lowest BCUT2D eigenvalue weighted by Gasteiger charge is -2.05. The summed E-state index contributed by atoms with van der Waals surface area (Å²) >= 11 is 4.91. The molecule has 2 nitrogen and oxygen atoms in total. The van der Waals surface area contributed by atoms with Gasteiger partial charge in [-0.2, -0.15) is 11.8 Å². The van der Waals surface area contributed by atoms with Crippen LogP contribution < -0.4 is 5.32 Å². The molecule has 0 unspecified atom stereocenters. The molecule has 0 aromatic heterocycles. The maximum atomic E-state index is 13.0. The molecule has 0 heterocycles. The van der Waals surface area contributed by atoms with Gasteiger partial charge < -0.3 is 5.32 Å². The van der Waals surface area contributed by atoms with Crippen LogP contribution in [0.2, 0.25) is 0 Å². The topological polar surface area (TPSA) is 29.1 Å². The number of thioether (sulfide) groups is 1. The minimum Gasteiger partial charge on any atom is -0.352 e. The number of nitrogens with one attached hydrogen (secondary N) is 1. The Morgan fingerprint density at radius 1 is 1.39 bits per heavy atom. The fourth-order valence-corrected chi connectivity index (χ4v) is 2.36. The van der Waals surface area contributed by atoms with Crippen LogP contribution >= 0.6 is 27.7 Å². The normalized spacial score (nSPS) is 10.4. The van der Waals surface area contributed by atoms with Gasteiger partial charge in [0.1, 0.15) is 5.82 Å². The van der Waals surface area contributed by atoms with Crippen molar-refractivity contribution in [2.24, 2.45) is 0 Å². The number of amides is 1. The molecule has 0 radical (unpaired) electrons. The van der Waals surface area contributed by atoms with Gasteiger partial charge in [0.05, 0.1) is 4.47 Å². The predicted molar refractivity (Wildman–Crippen MR) is 78.7 cm³/mol. The quantitative estimate of drug-likeness (QED) is 0.768. The van der Waals surface area contributed by atoms with Crippen molar-refractivity contribution in [2.75, 3.05) is 18.6 Å². The van der Waals surface area contributed by atoms with E-state index in [1.807, 2.05) is 11.8 Å². The molecule has 1 N–H and O–H groups in total. The van der Waals surface area contributed by atoms with E-state index in [1.165, 1.54) is 30.4 Å². The van der Waals surface area contributed by atoms with Gasteiger partial charge in [0.2, 0.25) is 0 Å². The molecule has 1 aromatic carbocycles. The molecule has 0 spiro atoms. The van der Waals surface area contributed by atoms with E-state index in [1.54, 1.807) is 0 Å². The summed E-state index contributed by atoms with van der Waals surface area (Å²) in [6.07, 6.45) is 5.37. The lowest BCUT2D eigenvalue weighted by atomic mass is 10.2. The van der Waals surface area contributed by atoms with Crippen molar-refractivity contribution in [1.29, 1.82) is 0 Å². The van der Waals surface area contributed by atoms with Crippen molar-refractivity contribution in [3.8, 4) is 0 Å². The molecular formula is C13H17BrFNOS. The molecule has 0 fully saturated rings. The molecule has 0 saturated heterocycles. The highest BCUT2D eigenvalue weighted by molar-refractivity contribution is 9.10. The van der Waals surface area contributed by atoms with E-state index in [4.69, 9.17) is 0 Å². The first-order valence-electron chi connectivity index (χ1n) is 5.87. The third-order valence-corrected chi connectivity index (χ3v) is 3.80. The van der Waals surface area contributed by atoms with E-state index in [2.05, 4.69) is 27.5 Å². The summed E-state index contributed by atoms with van der Waals surface area (Å²) in [6, 6.07) is 4.28. The zero-order valence-corrected chi connectivity index (χ0v) is 12.7. The molecule has 0 aliphatic carbocycles. The number of hydrogen-bond donors (Lipinski definition) is 1. The molecule has 1 aromatic rings. The first-order valence-corrected chi connectivity index (χ1v) is 8.06. The maximum Gasteiger partial charge on any atom is 0.251 e. The molecule has 0 saturated carbocycles. The van der Waals surface area contributed by atoms with Crippen LogP contribution in [0.5, 0.6) is 0 Å². The Morgan fingerprint density at radius 2 is 2.17 bits per heavy atom. The molecule has 0 atom stereocenters. The van der Waals surface area contributed by atoms with Gasteiger partial charge in [-0.3, -0.25) is 4.79 Å². The van der Waals surface area contributed by atoms with Gasteiger partial charge in [-0.15, -0.1) is 0 Å². The molecule has 1 amide bonds. The van der Waals surface area contributed by atoms with Gasteiger partial charge in [-0.25, -0.2) is 4.39 Å². The minimum atomic E-state index is -0.358. The summed E-state index contributed by atoms with van der Waals surface area (Å²) in [6.45, 7) is 0.669. The fraction of sp³-hybridized carbons (Fsp3) is 0.462. The standard InChI is InChI=1S/C13H17BrFNOS/c1-18-8-4-2-3-7-16-13(17)10-5-6-12(15)11(14)9-10/h5-6,9H,2-4,7-8H2,1H3,(H,16,17). The maximum absolute atomic E-state index is 13.0. The highest BCUT2D eigenvalue weighted by Gasteiger charge is 2.07. The molecule has 100 valence electrons. The number of hydrogen-bond acceptors (Lipinski definition) is 2. The van der Waals surface area contributed by atoms with E-state index >= 15 is 0 Å². The molecule has 0 aliphatic heterocycles. The second-order valence-electron chi connectivity index (χ2n) is 3.94. The van der Waals surface area contributed by atoms with Crippen molar-refractivity contribution in [1.82, 2.24) is 5.32 Å². The van der Waals surface area contributed by atoms with Gasteiger partial charge in [0, 0.05) is 12.1 Å². The number of carbonyl (C=O) groups excluding carboxylic acids is 1. The van der Waals surface area contributed by atoms with Crippen molar-refractivity contribution in [3.63, 3.8) is 0 Å². The largest absolute Gasteiger partial charge is 0.352 e. The van der Waals surface area contributed by atoms with Crippen LogP contribution in [-0.2, 0) is 0 Å². The van der Waals surface area contributed by atoms with Crippen LogP contribution in [0.15, 0.2) is 22.7 Å². The van der Waals surface area contributed by atoms with Crippen LogP contribution in [0.25, 0.3) is 0 Å². The monoisotopic (exact) mass is 333 g/mol. The Hall–Kier alpha value is -0.550. The van der Waals surface area contributed by atoms with E-state index in [0.29, 0.717) is 16.6 Å². The van der Waals surface area contributed by atoms with Crippen LogP contribution in [0.3, 0.4) is 0 Å². The average molecular weight is 334 g/mol. The Bertz CT molecular complexity index is 401. The van der Waals surface area contributed by atoms with Gasteiger partial charge in [0.25, 0.3) is 5.91 Å². The summed E-state index contributed by atoms with van der Waals surface area (Å²) in [5.74, 6) is 0.656. The molecule has 5 heteroatoms. The SMILES string of the molecule is CSCCCCCNC(=O)c1ccc(F)c(Br)c1. The number of halogens is 2. The van der Waals surface area contributed by atoms with Gasteiger partial charge in [0.15, 0.2) is 0 Å². The molecule has 0 bridgehead atoms. The van der Waals surface area contributed by atoms with Crippen molar-refractivity contribution < 1.29 is 9.18 Å². The molecule has 18 heavy (non-hydrogen) atoms. The van der Waals surface area contributed by atoms with Crippen LogP contribution in [0.1, 0.15) is 29.6 Å². The second kappa shape index (κ2) is 8.53. The van der Waals surface area contributed by atoms with Crippen LogP contribution in [0.4, 0.5) is 4.39 Å². The predicted octanol–water partition coefficient (Wildman–Crippen LogP) is 3.85. The summed E-state index contributed by atoms with van der Waals surface area (Å²) < 4.78 is 13.3. The number of carbonyl (C=O) groups is 1. The zero-order chi connectivity index (χ0) is 13.4. The van der Waals surface area contributed by atoms with Gasteiger partial charge >= 0.3 is 0 Å². The Kier molecular flexibility index (Phi) is 7.35. The highest BCUT2D eigenvalue weighted by atomic mass is 79.9. The zero-order valence-electron chi connectivity index (χ0n) is 10.3. The molecule has 0 aliphatic rings. The van der Waals surface area contributed by atoms with Crippen molar-refractivity contribution in [2.45, 2.75) is 19.3 Å². The average Bonchev–Trinajstić information content (AvgIpc) is 2.36. The third kappa shape index (κ3) is 5.40.